The standard InChI is InChI=1S/C21H21N5O2/c1-3-15(27)12-26-21(23-20(24-26)14-7-6-10-22-11-14)17-13-25(2)18-9-5-4-8-16(18)19(17)28/h4-11,13,15,27H,3,12H2,1-2H3. The third-order valence-corrected chi connectivity index (χ3v) is 4.78. The van der Waals surface area contributed by atoms with Gasteiger partial charge in [0.2, 0.25) is 0 Å². The SMILES string of the molecule is CCC(O)Cn1nc(-c2cccnc2)nc1-c1cn(C)c2ccccc2c1=O. The van der Waals surface area contributed by atoms with E-state index >= 15 is 0 Å². The number of para-hydroxylation sites is 1. The zero-order chi connectivity index (χ0) is 19.7. The van der Waals surface area contributed by atoms with Gasteiger partial charge in [0.15, 0.2) is 17.1 Å². The number of rotatable bonds is 5. The molecule has 0 bridgehead atoms. The molecule has 3 heterocycles. The Morgan fingerprint density at radius 1 is 1.18 bits per heavy atom. The van der Waals surface area contributed by atoms with Crippen molar-refractivity contribution in [2.75, 3.05) is 0 Å². The summed E-state index contributed by atoms with van der Waals surface area (Å²) in [5.41, 5.74) is 1.95. The molecule has 1 aromatic carbocycles. The maximum absolute atomic E-state index is 13.2. The van der Waals surface area contributed by atoms with E-state index in [1.165, 1.54) is 0 Å². The monoisotopic (exact) mass is 375 g/mol. The second kappa shape index (κ2) is 7.36. The largest absolute Gasteiger partial charge is 0.391 e. The van der Waals surface area contributed by atoms with Crippen molar-refractivity contribution in [3.63, 3.8) is 0 Å². The van der Waals surface area contributed by atoms with E-state index in [-0.39, 0.29) is 12.0 Å². The minimum Gasteiger partial charge on any atom is -0.391 e. The molecule has 3 aromatic heterocycles. The molecule has 7 heteroatoms. The van der Waals surface area contributed by atoms with Gasteiger partial charge >= 0.3 is 0 Å². The minimum absolute atomic E-state index is 0.105. The number of aliphatic hydroxyl groups is 1. The molecule has 0 aliphatic heterocycles. The van der Waals surface area contributed by atoms with Crippen LogP contribution < -0.4 is 5.43 Å². The summed E-state index contributed by atoms with van der Waals surface area (Å²) in [5.74, 6) is 0.916. The van der Waals surface area contributed by atoms with Crippen LogP contribution in [-0.4, -0.2) is 35.5 Å². The summed E-state index contributed by atoms with van der Waals surface area (Å²) in [6, 6.07) is 11.1. The van der Waals surface area contributed by atoms with Crippen LogP contribution in [0.2, 0.25) is 0 Å². The molecule has 0 saturated carbocycles. The van der Waals surface area contributed by atoms with Crippen molar-refractivity contribution in [2.45, 2.75) is 26.0 Å². The first-order chi connectivity index (χ1) is 13.6. The van der Waals surface area contributed by atoms with Crippen molar-refractivity contribution < 1.29 is 5.11 Å². The van der Waals surface area contributed by atoms with Crippen molar-refractivity contribution in [2.24, 2.45) is 7.05 Å². The van der Waals surface area contributed by atoms with E-state index in [4.69, 9.17) is 0 Å². The van der Waals surface area contributed by atoms with Gasteiger partial charge in [0.1, 0.15) is 0 Å². The van der Waals surface area contributed by atoms with E-state index in [1.807, 2.05) is 54.9 Å². The van der Waals surface area contributed by atoms with Crippen LogP contribution in [0.3, 0.4) is 0 Å². The van der Waals surface area contributed by atoms with Crippen LogP contribution in [0.1, 0.15) is 13.3 Å². The van der Waals surface area contributed by atoms with Crippen LogP contribution in [0.15, 0.2) is 59.8 Å². The molecular weight excluding hydrogens is 354 g/mol. The third-order valence-electron chi connectivity index (χ3n) is 4.78. The average Bonchev–Trinajstić information content (AvgIpc) is 3.14. The predicted molar refractivity (Wildman–Crippen MR) is 108 cm³/mol. The highest BCUT2D eigenvalue weighted by Gasteiger charge is 2.19. The highest BCUT2D eigenvalue weighted by molar-refractivity contribution is 5.83. The molecule has 0 fully saturated rings. The fourth-order valence-electron chi connectivity index (χ4n) is 3.21. The Bertz CT molecular complexity index is 1180. The first kappa shape index (κ1) is 18.1. The lowest BCUT2D eigenvalue weighted by Crippen LogP contribution is -2.19. The number of aryl methyl sites for hydroxylation is 1. The van der Waals surface area contributed by atoms with Crippen LogP contribution in [0.25, 0.3) is 33.7 Å². The van der Waals surface area contributed by atoms with Crippen molar-refractivity contribution >= 4 is 10.9 Å². The van der Waals surface area contributed by atoms with Crippen molar-refractivity contribution in [1.82, 2.24) is 24.3 Å². The number of nitrogens with zero attached hydrogens (tertiary/aromatic N) is 5. The van der Waals surface area contributed by atoms with Crippen molar-refractivity contribution in [3.05, 3.63) is 65.2 Å². The first-order valence-corrected chi connectivity index (χ1v) is 9.20. The average molecular weight is 375 g/mol. The number of pyridine rings is 2. The minimum atomic E-state index is -0.577. The number of benzene rings is 1. The summed E-state index contributed by atoms with van der Waals surface area (Å²) in [4.78, 5) is 21.9. The van der Waals surface area contributed by atoms with Crippen LogP contribution in [0, 0.1) is 0 Å². The van der Waals surface area contributed by atoms with Gasteiger partial charge in [-0.05, 0) is 30.7 Å². The molecule has 0 aliphatic rings. The molecule has 0 saturated heterocycles. The highest BCUT2D eigenvalue weighted by Crippen LogP contribution is 2.22. The van der Waals surface area contributed by atoms with Crippen LogP contribution in [0.5, 0.6) is 0 Å². The molecule has 1 unspecified atom stereocenters. The molecule has 4 rings (SSSR count). The Balaban J connectivity index is 1.94. The van der Waals surface area contributed by atoms with E-state index < -0.39 is 6.10 Å². The maximum atomic E-state index is 13.2. The topological polar surface area (TPSA) is 85.8 Å². The van der Waals surface area contributed by atoms with Gasteiger partial charge in [-0.15, -0.1) is 0 Å². The van der Waals surface area contributed by atoms with Crippen molar-refractivity contribution in [1.29, 1.82) is 0 Å². The zero-order valence-corrected chi connectivity index (χ0v) is 15.8. The summed E-state index contributed by atoms with van der Waals surface area (Å²) in [7, 11) is 1.90. The van der Waals surface area contributed by atoms with E-state index in [2.05, 4.69) is 15.1 Å². The van der Waals surface area contributed by atoms with Gasteiger partial charge in [-0.1, -0.05) is 19.1 Å². The van der Waals surface area contributed by atoms with Gasteiger partial charge in [-0.2, -0.15) is 5.10 Å². The van der Waals surface area contributed by atoms with Crippen LogP contribution >= 0.6 is 0 Å². The Labute approximate surface area is 161 Å². The van der Waals surface area contributed by atoms with Gasteiger partial charge in [0.05, 0.1) is 23.7 Å². The quantitative estimate of drug-likeness (QED) is 0.580. The summed E-state index contributed by atoms with van der Waals surface area (Å²) in [6.45, 7) is 2.16. The second-order valence-electron chi connectivity index (χ2n) is 6.74. The zero-order valence-electron chi connectivity index (χ0n) is 15.8. The van der Waals surface area contributed by atoms with E-state index in [1.54, 1.807) is 23.3 Å². The lowest BCUT2D eigenvalue weighted by molar-refractivity contribution is 0.146. The van der Waals surface area contributed by atoms with Gasteiger partial charge in [0.25, 0.3) is 0 Å². The molecule has 0 radical (unpaired) electrons. The number of fused-ring (bicyclic) bond motifs is 1. The van der Waals surface area contributed by atoms with Gasteiger partial charge in [-0.25, -0.2) is 9.67 Å². The molecule has 4 aromatic rings. The smallest absolute Gasteiger partial charge is 0.200 e. The molecule has 142 valence electrons. The number of hydrogen-bond donors (Lipinski definition) is 1. The Morgan fingerprint density at radius 3 is 2.75 bits per heavy atom. The van der Waals surface area contributed by atoms with E-state index in [9.17, 15) is 9.90 Å². The molecule has 1 N–H and O–H groups in total. The molecule has 0 aliphatic carbocycles. The second-order valence-corrected chi connectivity index (χ2v) is 6.74. The molecule has 28 heavy (non-hydrogen) atoms. The Kier molecular flexibility index (Phi) is 4.75. The van der Waals surface area contributed by atoms with E-state index in [0.717, 1.165) is 11.1 Å². The third kappa shape index (κ3) is 3.20. The van der Waals surface area contributed by atoms with Crippen LogP contribution in [-0.2, 0) is 13.6 Å². The number of aliphatic hydroxyl groups excluding tert-OH is 1. The molecule has 0 spiro atoms. The molecule has 1 atom stereocenters. The maximum Gasteiger partial charge on any atom is 0.200 e. The first-order valence-electron chi connectivity index (χ1n) is 9.20. The molecular formula is C21H21N5O2. The fraction of sp³-hybridized carbons (Fsp3) is 0.238. The predicted octanol–water partition coefficient (Wildman–Crippen LogP) is 2.63. The van der Waals surface area contributed by atoms with Gasteiger partial charge in [-0.3, -0.25) is 9.78 Å². The molecule has 7 nitrogen and oxygen atoms in total. The van der Waals surface area contributed by atoms with E-state index in [0.29, 0.717) is 29.0 Å². The lowest BCUT2D eigenvalue weighted by Gasteiger charge is -2.12. The summed E-state index contributed by atoms with van der Waals surface area (Å²) < 4.78 is 3.52. The number of hydrogen-bond acceptors (Lipinski definition) is 5. The van der Waals surface area contributed by atoms with Gasteiger partial charge < -0.3 is 9.67 Å². The lowest BCUT2D eigenvalue weighted by atomic mass is 10.1. The normalized spacial score (nSPS) is 12.4. The molecule has 0 amide bonds. The van der Waals surface area contributed by atoms with Gasteiger partial charge in [0, 0.05) is 36.6 Å². The summed E-state index contributed by atoms with van der Waals surface area (Å²) in [6.07, 6.45) is 5.14. The highest BCUT2D eigenvalue weighted by atomic mass is 16.3. The number of aromatic nitrogens is 5. The summed E-state index contributed by atoms with van der Waals surface area (Å²) in [5, 5.41) is 15.3. The fourth-order valence-corrected chi connectivity index (χ4v) is 3.21. The Morgan fingerprint density at radius 2 is 2.00 bits per heavy atom. The van der Waals surface area contributed by atoms with Crippen LogP contribution in [0.4, 0.5) is 0 Å². The summed E-state index contributed by atoms with van der Waals surface area (Å²) >= 11 is 0. The van der Waals surface area contributed by atoms with Crippen molar-refractivity contribution in [3.8, 4) is 22.8 Å². The Hall–Kier alpha value is -3.32.